The highest BCUT2D eigenvalue weighted by Gasteiger charge is 2.26. The summed E-state index contributed by atoms with van der Waals surface area (Å²) in [7, 11) is 0. The van der Waals surface area contributed by atoms with Crippen LogP contribution in [0.15, 0.2) is 59.8 Å². The normalized spacial score (nSPS) is 16.0. The van der Waals surface area contributed by atoms with E-state index in [1.165, 1.54) is 5.56 Å². The lowest BCUT2D eigenvalue weighted by molar-refractivity contribution is -0.144. The van der Waals surface area contributed by atoms with Crippen LogP contribution in [0.1, 0.15) is 25.0 Å². The van der Waals surface area contributed by atoms with E-state index in [1.807, 2.05) is 42.2 Å². The van der Waals surface area contributed by atoms with Crippen molar-refractivity contribution in [3.05, 3.63) is 65.7 Å². The molecule has 0 N–H and O–H groups in total. The molecule has 6 heteroatoms. The fraction of sp³-hybridized carbons (Fsp3) is 0.391. The summed E-state index contributed by atoms with van der Waals surface area (Å²) in [6.45, 7) is 8.40. The van der Waals surface area contributed by atoms with Gasteiger partial charge >= 0.3 is 0 Å². The van der Waals surface area contributed by atoms with Crippen molar-refractivity contribution >= 4 is 12.1 Å². The minimum absolute atomic E-state index is 0.0202. The molecular weight excluding hydrogens is 366 g/mol. The van der Waals surface area contributed by atoms with Crippen LogP contribution in [0.25, 0.3) is 0 Å². The van der Waals surface area contributed by atoms with Crippen LogP contribution < -0.4 is 4.74 Å². The molecule has 1 aliphatic heterocycles. The molecule has 1 fully saturated rings. The van der Waals surface area contributed by atoms with E-state index in [0.29, 0.717) is 19.7 Å². The quantitative estimate of drug-likeness (QED) is 0.509. The van der Waals surface area contributed by atoms with Crippen molar-refractivity contribution < 1.29 is 14.4 Å². The van der Waals surface area contributed by atoms with E-state index >= 15 is 0 Å². The van der Waals surface area contributed by atoms with Gasteiger partial charge in [-0.2, -0.15) is 0 Å². The van der Waals surface area contributed by atoms with Crippen LogP contribution in [0.4, 0.5) is 0 Å². The van der Waals surface area contributed by atoms with E-state index in [2.05, 4.69) is 34.3 Å². The fourth-order valence-electron chi connectivity index (χ4n) is 3.27. The summed E-state index contributed by atoms with van der Waals surface area (Å²) in [6.07, 6.45) is 1.01. The van der Waals surface area contributed by atoms with Crippen molar-refractivity contribution in [1.82, 2.24) is 9.80 Å². The van der Waals surface area contributed by atoms with Crippen molar-refractivity contribution in [2.24, 2.45) is 5.16 Å². The smallest absolute Gasteiger partial charge is 0.266 e. The van der Waals surface area contributed by atoms with E-state index in [9.17, 15) is 4.79 Å². The van der Waals surface area contributed by atoms with Crippen molar-refractivity contribution in [2.45, 2.75) is 26.5 Å². The molecule has 2 aromatic carbocycles. The Balaban J connectivity index is 1.42. The lowest BCUT2D eigenvalue weighted by Crippen LogP contribution is -2.50. The first-order valence-corrected chi connectivity index (χ1v) is 10.1. The SMILES string of the molecule is CCOc1ccc(/C=N\O[C@@H](C)C(=O)N2CCN(Cc3ccccc3)CC2)cc1. The van der Waals surface area contributed by atoms with Crippen LogP contribution >= 0.6 is 0 Å². The predicted octanol–water partition coefficient (Wildman–Crippen LogP) is 3.17. The van der Waals surface area contributed by atoms with Crippen LogP contribution in [0.3, 0.4) is 0 Å². The monoisotopic (exact) mass is 395 g/mol. The van der Waals surface area contributed by atoms with Gasteiger partial charge in [-0.05, 0) is 49.2 Å². The second-order valence-corrected chi connectivity index (χ2v) is 7.07. The largest absolute Gasteiger partial charge is 0.494 e. The molecule has 0 aromatic heterocycles. The first-order valence-electron chi connectivity index (χ1n) is 10.1. The number of oxime groups is 1. The Labute approximate surface area is 172 Å². The lowest BCUT2D eigenvalue weighted by atomic mass is 10.2. The summed E-state index contributed by atoms with van der Waals surface area (Å²) in [4.78, 5) is 22.2. The first-order chi connectivity index (χ1) is 14.2. The number of ether oxygens (including phenoxy) is 1. The molecule has 0 bridgehead atoms. The molecule has 29 heavy (non-hydrogen) atoms. The van der Waals surface area contributed by atoms with E-state index in [4.69, 9.17) is 9.57 Å². The summed E-state index contributed by atoms with van der Waals surface area (Å²) >= 11 is 0. The fourth-order valence-corrected chi connectivity index (χ4v) is 3.27. The molecule has 0 radical (unpaired) electrons. The number of piperazine rings is 1. The number of carbonyl (C=O) groups excluding carboxylic acids is 1. The maximum Gasteiger partial charge on any atom is 0.266 e. The first kappa shape index (κ1) is 20.9. The van der Waals surface area contributed by atoms with Crippen molar-refractivity contribution in [2.75, 3.05) is 32.8 Å². The maximum atomic E-state index is 12.6. The summed E-state index contributed by atoms with van der Waals surface area (Å²) < 4.78 is 5.41. The van der Waals surface area contributed by atoms with E-state index in [0.717, 1.165) is 30.9 Å². The molecule has 1 amide bonds. The van der Waals surface area contributed by atoms with Gasteiger partial charge in [-0.15, -0.1) is 0 Å². The van der Waals surface area contributed by atoms with Gasteiger partial charge in [-0.25, -0.2) is 0 Å². The summed E-state index contributed by atoms with van der Waals surface area (Å²) in [5, 5.41) is 3.98. The third-order valence-corrected chi connectivity index (χ3v) is 4.89. The molecule has 2 aromatic rings. The molecular formula is C23H29N3O3. The second kappa shape index (κ2) is 10.6. The van der Waals surface area contributed by atoms with E-state index < -0.39 is 6.10 Å². The van der Waals surface area contributed by atoms with Gasteiger partial charge in [0.2, 0.25) is 6.10 Å². The van der Waals surface area contributed by atoms with Gasteiger partial charge in [0.05, 0.1) is 12.8 Å². The minimum atomic E-state index is -0.602. The number of benzene rings is 2. The number of carbonyl (C=O) groups is 1. The number of nitrogens with zero attached hydrogens (tertiary/aromatic N) is 3. The molecule has 0 aliphatic carbocycles. The lowest BCUT2D eigenvalue weighted by Gasteiger charge is -2.35. The average molecular weight is 396 g/mol. The molecule has 1 heterocycles. The molecule has 0 spiro atoms. The summed E-state index contributed by atoms with van der Waals surface area (Å²) in [5.74, 6) is 0.800. The van der Waals surface area contributed by atoms with Gasteiger partial charge < -0.3 is 14.5 Å². The molecule has 154 valence electrons. The highest BCUT2D eigenvalue weighted by atomic mass is 16.6. The van der Waals surface area contributed by atoms with Gasteiger partial charge in [-0.3, -0.25) is 9.69 Å². The van der Waals surface area contributed by atoms with Gasteiger partial charge in [0.25, 0.3) is 5.91 Å². The molecule has 1 aliphatic rings. The second-order valence-electron chi connectivity index (χ2n) is 7.07. The zero-order valence-electron chi connectivity index (χ0n) is 17.2. The Kier molecular flexibility index (Phi) is 7.64. The third kappa shape index (κ3) is 6.32. The van der Waals surface area contributed by atoms with Gasteiger partial charge in [-0.1, -0.05) is 35.5 Å². The van der Waals surface area contributed by atoms with Crippen LogP contribution in [-0.4, -0.2) is 60.8 Å². The Morgan fingerprint density at radius 2 is 1.76 bits per heavy atom. The van der Waals surface area contributed by atoms with Crippen LogP contribution in [0.5, 0.6) is 5.75 Å². The average Bonchev–Trinajstić information content (AvgIpc) is 2.76. The predicted molar refractivity (Wildman–Crippen MR) is 114 cm³/mol. The maximum absolute atomic E-state index is 12.6. The Morgan fingerprint density at radius 1 is 1.07 bits per heavy atom. The summed E-state index contributed by atoms with van der Waals surface area (Å²) in [6, 6.07) is 18.0. The van der Waals surface area contributed by atoms with Crippen LogP contribution in [0, 0.1) is 0 Å². The van der Waals surface area contributed by atoms with Gasteiger partial charge in [0, 0.05) is 32.7 Å². The van der Waals surface area contributed by atoms with E-state index in [1.54, 1.807) is 13.1 Å². The van der Waals surface area contributed by atoms with Crippen LogP contribution in [0.2, 0.25) is 0 Å². The standard InChI is InChI=1S/C23H29N3O3/c1-3-28-22-11-9-20(10-12-22)17-24-29-19(2)23(27)26-15-13-25(14-16-26)18-21-7-5-4-6-8-21/h4-12,17,19H,3,13-16,18H2,1-2H3/b24-17-/t19-/m0/s1. The highest BCUT2D eigenvalue weighted by Crippen LogP contribution is 2.12. The Morgan fingerprint density at radius 3 is 2.41 bits per heavy atom. The molecule has 0 saturated carbocycles. The zero-order valence-corrected chi connectivity index (χ0v) is 17.2. The number of amides is 1. The highest BCUT2D eigenvalue weighted by molar-refractivity contribution is 5.81. The Bertz CT molecular complexity index is 785. The van der Waals surface area contributed by atoms with Crippen molar-refractivity contribution in [3.63, 3.8) is 0 Å². The molecule has 3 rings (SSSR count). The third-order valence-electron chi connectivity index (χ3n) is 4.89. The van der Waals surface area contributed by atoms with Gasteiger partial charge in [0.1, 0.15) is 5.75 Å². The molecule has 6 nitrogen and oxygen atoms in total. The molecule has 1 atom stereocenters. The zero-order chi connectivity index (χ0) is 20.5. The van der Waals surface area contributed by atoms with Crippen molar-refractivity contribution in [3.8, 4) is 5.75 Å². The van der Waals surface area contributed by atoms with E-state index in [-0.39, 0.29) is 5.91 Å². The molecule has 1 saturated heterocycles. The molecule has 0 unspecified atom stereocenters. The van der Waals surface area contributed by atoms with Crippen LogP contribution in [-0.2, 0) is 16.2 Å². The Hall–Kier alpha value is -2.86. The number of rotatable bonds is 8. The summed E-state index contributed by atoms with van der Waals surface area (Å²) in [5.41, 5.74) is 2.19. The number of hydrogen-bond donors (Lipinski definition) is 0. The number of hydrogen-bond acceptors (Lipinski definition) is 5. The minimum Gasteiger partial charge on any atom is -0.494 e. The van der Waals surface area contributed by atoms with Gasteiger partial charge in [0.15, 0.2) is 0 Å². The topological polar surface area (TPSA) is 54.4 Å². The van der Waals surface area contributed by atoms with Crippen molar-refractivity contribution in [1.29, 1.82) is 0 Å².